The normalized spacial score (nSPS) is 20.3. The molecule has 1 spiro atoms. The number of ether oxygens (including phenoxy) is 1. The lowest BCUT2D eigenvalue weighted by atomic mass is 9.91. The van der Waals surface area contributed by atoms with E-state index in [4.69, 9.17) is 9.15 Å². The molecule has 2 aliphatic heterocycles. The van der Waals surface area contributed by atoms with Gasteiger partial charge >= 0.3 is 6.03 Å². The Labute approximate surface area is 193 Å². The zero-order chi connectivity index (χ0) is 22.8. The third kappa shape index (κ3) is 4.47. The van der Waals surface area contributed by atoms with Gasteiger partial charge in [0.2, 0.25) is 0 Å². The molecule has 1 unspecified atom stereocenters. The number of methoxy groups -OCH3 is 1. The zero-order valence-corrected chi connectivity index (χ0v) is 18.9. The highest BCUT2D eigenvalue weighted by molar-refractivity contribution is 5.93. The van der Waals surface area contributed by atoms with E-state index in [1.54, 1.807) is 13.3 Å². The molecule has 1 aromatic heterocycles. The highest BCUT2D eigenvalue weighted by Crippen LogP contribution is 2.59. The number of carbonyl (C=O) groups is 2. The summed E-state index contributed by atoms with van der Waals surface area (Å²) >= 11 is 0. The van der Waals surface area contributed by atoms with E-state index < -0.39 is 0 Å². The second-order valence-corrected chi connectivity index (χ2v) is 9.22. The fourth-order valence-electron chi connectivity index (χ4n) is 5.11. The molecular formula is C25H30N4O4. The van der Waals surface area contributed by atoms with Crippen molar-refractivity contribution in [3.63, 3.8) is 0 Å². The molecule has 8 heteroatoms. The van der Waals surface area contributed by atoms with Gasteiger partial charge in [-0.15, -0.1) is 0 Å². The third-order valence-electron chi connectivity index (χ3n) is 7.32. The molecule has 8 nitrogen and oxygen atoms in total. The van der Waals surface area contributed by atoms with Crippen LogP contribution in [0.4, 0.5) is 4.79 Å². The highest BCUT2D eigenvalue weighted by atomic mass is 16.5. The maximum absolute atomic E-state index is 12.6. The van der Waals surface area contributed by atoms with Gasteiger partial charge in [0.15, 0.2) is 5.76 Å². The molecule has 174 valence electrons. The summed E-state index contributed by atoms with van der Waals surface area (Å²) in [5.41, 5.74) is 2.26. The number of nitrogens with one attached hydrogen (secondary N) is 2. The first kappa shape index (κ1) is 21.6. The fraction of sp³-hybridized carbons (Fsp3) is 0.480. The van der Waals surface area contributed by atoms with Crippen LogP contribution in [0.2, 0.25) is 0 Å². The number of likely N-dealkylation sites (tertiary alicyclic amines) is 1. The van der Waals surface area contributed by atoms with Crippen LogP contribution in [-0.4, -0.2) is 56.3 Å². The molecule has 1 saturated carbocycles. The van der Waals surface area contributed by atoms with Gasteiger partial charge in [-0.1, -0.05) is 18.2 Å². The Bertz CT molecular complexity index is 1070. The predicted molar refractivity (Wildman–Crippen MR) is 124 cm³/mol. The second-order valence-electron chi connectivity index (χ2n) is 9.22. The van der Waals surface area contributed by atoms with Crippen molar-refractivity contribution in [1.82, 2.24) is 15.5 Å². The molecule has 3 amide bonds. The van der Waals surface area contributed by atoms with E-state index in [1.165, 1.54) is 0 Å². The summed E-state index contributed by atoms with van der Waals surface area (Å²) in [5.74, 6) is 2.15. The number of nitrogens with zero attached hydrogens (tertiary/aromatic N) is 2. The van der Waals surface area contributed by atoms with E-state index in [0.29, 0.717) is 30.5 Å². The number of urea groups is 1. The number of benzene rings is 1. The monoisotopic (exact) mass is 450 g/mol. The molecule has 1 aromatic carbocycles. The number of amides is 3. The highest BCUT2D eigenvalue weighted by Gasteiger charge is 2.54. The Hall–Kier alpha value is -3.29. The summed E-state index contributed by atoms with van der Waals surface area (Å²) in [6.07, 6.45) is 5.57. The number of furan rings is 1. The zero-order valence-electron chi connectivity index (χ0n) is 18.9. The van der Waals surface area contributed by atoms with Crippen molar-refractivity contribution < 1.29 is 18.7 Å². The summed E-state index contributed by atoms with van der Waals surface area (Å²) in [6.45, 7) is 3.33. The standard InChI is InChI=1S/C25H30N4O4/c1-32-20-5-3-2-4-18(20)14-28-24(31)29-10-7-25(8-11-29)13-19(25)15-27-23(30)21-12-17-6-9-26-16-22(17)33-21/h2-5,12,16,19H,6-11,13-15H2,1H3,(H,27,30)(H,28,31). The van der Waals surface area contributed by atoms with Crippen LogP contribution in [-0.2, 0) is 13.0 Å². The largest absolute Gasteiger partial charge is 0.496 e. The number of piperidine rings is 1. The molecule has 1 saturated heterocycles. The van der Waals surface area contributed by atoms with E-state index in [1.807, 2.05) is 35.2 Å². The van der Waals surface area contributed by atoms with Crippen molar-refractivity contribution in [1.29, 1.82) is 0 Å². The van der Waals surface area contributed by atoms with Crippen LogP contribution < -0.4 is 15.4 Å². The molecule has 0 bridgehead atoms. The smallest absolute Gasteiger partial charge is 0.317 e. The summed E-state index contributed by atoms with van der Waals surface area (Å²) in [5, 5.41) is 6.05. The quantitative estimate of drug-likeness (QED) is 0.707. The topological polar surface area (TPSA) is 96.2 Å². The van der Waals surface area contributed by atoms with Gasteiger partial charge in [-0.05, 0) is 49.1 Å². The van der Waals surface area contributed by atoms with Gasteiger partial charge in [-0.25, -0.2) is 4.79 Å². The number of rotatable bonds is 6. The average Bonchev–Trinajstić information content (AvgIpc) is 3.32. The Morgan fingerprint density at radius 3 is 2.85 bits per heavy atom. The summed E-state index contributed by atoms with van der Waals surface area (Å²) in [7, 11) is 1.63. The summed E-state index contributed by atoms with van der Waals surface area (Å²) < 4.78 is 11.0. The Balaban J connectivity index is 1.06. The van der Waals surface area contributed by atoms with Gasteiger partial charge in [0.1, 0.15) is 11.5 Å². The van der Waals surface area contributed by atoms with Crippen molar-refractivity contribution in [2.24, 2.45) is 16.3 Å². The lowest BCUT2D eigenvalue weighted by Crippen LogP contribution is -2.45. The molecule has 2 aromatic rings. The average molecular weight is 451 g/mol. The van der Waals surface area contributed by atoms with Crippen LogP contribution >= 0.6 is 0 Å². The van der Waals surface area contributed by atoms with Crippen LogP contribution in [0.15, 0.2) is 39.7 Å². The molecular weight excluding hydrogens is 420 g/mol. The Morgan fingerprint density at radius 1 is 1.24 bits per heavy atom. The lowest BCUT2D eigenvalue weighted by molar-refractivity contribution is 0.0920. The van der Waals surface area contributed by atoms with Crippen molar-refractivity contribution in [3.05, 3.63) is 53.0 Å². The first-order chi connectivity index (χ1) is 16.1. The van der Waals surface area contributed by atoms with E-state index in [2.05, 4.69) is 15.6 Å². The third-order valence-corrected chi connectivity index (χ3v) is 7.32. The molecule has 2 fully saturated rings. The Kier molecular flexibility index (Phi) is 5.83. The Morgan fingerprint density at radius 2 is 2.06 bits per heavy atom. The molecule has 3 heterocycles. The van der Waals surface area contributed by atoms with Gasteiger partial charge in [0, 0.05) is 43.9 Å². The molecule has 33 heavy (non-hydrogen) atoms. The van der Waals surface area contributed by atoms with E-state index in [9.17, 15) is 9.59 Å². The van der Waals surface area contributed by atoms with Crippen molar-refractivity contribution in [2.45, 2.75) is 32.2 Å². The van der Waals surface area contributed by atoms with Gasteiger partial charge in [-0.3, -0.25) is 9.79 Å². The number of carbonyl (C=O) groups excluding carboxylic acids is 2. The van der Waals surface area contributed by atoms with E-state index >= 15 is 0 Å². The maximum atomic E-state index is 12.6. The van der Waals surface area contributed by atoms with Gasteiger partial charge in [0.25, 0.3) is 5.91 Å². The minimum Gasteiger partial charge on any atom is -0.496 e. The van der Waals surface area contributed by atoms with Crippen LogP contribution in [0.3, 0.4) is 0 Å². The maximum Gasteiger partial charge on any atom is 0.317 e. The number of hydrogen-bond donors (Lipinski definition) is 2. The number of fused-ring (bicyclic) bond motifs is 1. The van der Waals surface area contributed by atoms with Crippen molar-refractivity contribution in [2.75, 3.05) is 33.3 Å². The first-order valence-corrected chi connectivity index (χ1v) is 11.6. The summed E-state index contributed by atoms with van der Waals surface area (Å²) in [4.78, 5) is 31.2. The lowest BCUT2D eigenvalue weighted by Gasteiger charge is -2.33. The SMILES string of the molecule is COc1ccccc1CNC(=O)N1CCC2(CC1)CC2CNC(=O)c1cc2c(o1)C=NCC2. The predicted octanol–water partition coefficient (Wildman–Crippen LogP) is 3.00. The van der Waals surface area contributed by atoms with E-state index in [0.717, 1.165) is 62.2 Å². The van der Waals surface area contributed by atoms with Gasteiger partial charge in [-0.2, -0.15) is 0 Å². The van der Waals surface area contributed by atoms with Gasteiger partial charge in [0.05, 0.1) is 13.3 Å². The van der Waals surface area contributed by atoms with Gasteiger partial charge < -0.3 is 24.7 Å². The minimum absolute atomic E-state index is 0.0356. The van der Waals surface area contributed by atoms with E-state index in [-0.39, 0.29) is 17.4 Å². The molecule has 0 radical (unpaired) electrons. The van der Waals surface area contributed by atoms with Crippen LogP contribution in [0.1, 0.15) is 46.7 Å². The number of hydrogen-bond acceptors (Lipinski definition) is 5. The molecule has 5 rings (SSSR count). The van der Waals surface area contributed by atoms with Crippen LogP contribution in [0, 0.1) is 11.3 Å². The summed E-state index contributed by atoms with van der Waals surface area (Å²) in [6, 6.07) is 9.51. The number of aliphatic imine (C=N–C) groups is 1. The molecule has 1 aliphatic carbocycles. The molecule has 3 aliphatic rings. The van der Waals surface area contributed by atoms with Crippen molar-refractivity contribution in [3.8, 4) is 5.75 Å². The first-order valence-electron chi connectivity index (χ1n) is 11.6. The fourth-order valence-corrected chi connectivity index (χ4v) is 5.11. The minimum atomic E-state index is -0.159. The molecule has 2 N–H and O–H groups in total. The van der Waals surface area contributed by atoms with Crippen LogP contribution in [0.5, 0.6) is 5.75 Å². The van der Waals surface area contributed by atoms with Crippen molar-refractivity contribution >= 4 is 18.2 Å². The second kappa shape index (κ2) is 8.92. The molecule has 1 atom stereocenters. The van der Waals surface area contributed by atoms with Crippen LogP contribution in [0.25, 0.3) is 0 Å². The number of para-hydroxylation sites is 1.